The first kappa shape index (κ1) is 14.4. The van der Waals surface area contributed by atoms with Crippen LogP contribution in [0.2, 0.25) is 10.2 Å². The number of hydrogen-bond acceptors (Lipinski definition) is 2. The number of benzene rings is 1. The fourth-order valence-electron chi connectivity index (χ4n) is 2.54. The third-order valence-electron chi connectivity index (χ3n) is 3.95. The highest BCUT2D eigenvalue weighted by atomic mass is 35.5. The second-order valence-electron chi connectivity index (χ2n) is 5.31. The molecule has 0 saturated heterocycles. The first-order valence-electron chi connectivity index (χ1n) is 6.85. The van der Waals surface area contributed by atoms with Gasteiger partial charge in [0.05, 0.1) is 5.56 Å². The van der Waals surface area contributed by atoms with Crippen molar-refractivity contribution in [1.82, 2.24) is 9.55 Å². The van der Waals surface area contributed by atoms with Crippen LogP contribution in [0.15, 0.2) is 33.9 Å². The van der Waals surface area contributed by atoms with Crippen LogP contribution in [0, 0.1) is 5.92 Å². The Labute approximate surface area is 131 Å². The SMILES string of the molecule is O=c1[nH]c(Cl)c(-c2ccccc2Cl)c(=O)n1CC1CCC1. The Morgan fingerprint density at radius 2 is 1.90 bits per heavy atom. The normalized spacial score (nSPS) is 15.0. The number of halogens is 2. The quantitative estimate of drug-likeness (QED) is 0.880. The number of nitrogens with zero attached hydrogens (tertiary/aromatic N) is 1. The van der Waals surface area contributed by atoms with Gasteiger partial charge >= 0.3 is 5.69 Å². The fraction of sp³-hybridized carbons (Fsp3) is 0.333. The summed E-state index contributed by atoms with van der Waals surface area (Å²) in [6.07, 6.45) is 3.26. The molecule has 4 nitrogen and oxygen atoms in total. The second kappa shape index (κ2) is 5.70. The Hall–Kier alpha value is -1.52. The van der Waals surface area contributed by atoms with E-state index in [2.05, 4.69) is 4.98 Å². The van der Waals surface area contributed by atoms with Gasteiger partial charge in [0.2, 0.25) is 0 Å². The van der Waals surface area contributed by atoms with E-state index in [-0.39, 0.29) is 16.3 Å². The maximum absolute atomic E-state index is 12.6. The van der Waals surface area contributed by atoms with Gasteiger partial charge in [0, 0.05) is 17.1 Å². The molecule has 1 saturated carbocycles. The number of rotatable bonds is 3. The predicted molar refractivity (Wildman–Crippen MR) is 84.1 cm³/mol. The molecule has 3 rings (SSSR count). The van der Waals surface area contributed by atoms with Crippen LogP contribution in [0.25, 0.3) is 11.1 Å². The number of H-pyrrole nitrogens is 1. The number of aromatic nitrogens is 2. The zero-order valence-electron chi connectivity index (χ0n) is 11.2. The Morgan fingerprint density at radius 1 is 1.19 bits per heavy atom. The van der Waals surface area contributed by atoms with Crippen molar-refractivity contribution in [1.29, 1.82) is 0 Å². The largest absolute Gasteiger partial charge is 0.329 e. The van der Waals surface area contributed by atoms with E-state index in [1.54, 1.807) is 24.3 Å². The summed E-state index contributed by atoms with van der Waals surface area (Å²) in [6, 6.07) is 6.96. The van der Waals surface area contributed by atoms with Gasteiger partial charge in [0.15, 0.2) is 0 Å². The number of aromatic amines is 1. The Kier molecular flexibility index (Phi) is 3.91. The van der Waals surface area contributed by atoms with Crippen LogP contribution in [0.3, 0.4) is 0 Å². The molecule has 1 N–H and O–H groups in total. The number of nitrogens with one attached hydrogen (secondary N) is 1. The fourth-order valence-corrected chi connectivity index (χ4v) is 3.04. The summed E-state index contributed by atoms with van der Waals surface area (Å²) in [5, 5.41) is 0.460. The van der Waals surface area contributed by atoms with Crippen LogP contribution in [0.5, 0.6) is 0 Å². The lowest BCUT2D eigenvalue weighted by Crippen LogP contribution is -2.39. The molecule has 1 aliphatic rings. The Bertz CT molecular complexity index is 791. The van der Waals surface area contributed by atoms with E-state index in [0.717, 1.165) is 19.3 Å². The van der Waals surface area contributed by atoms with Gasteiger partial charge in [-0.2, -0.15) is 0 Å². The summed E-state index contributed by atoms with van der Waals surface area (Å²) in [7, 11) is 0. The van der Waals surface area contributed by atoms with E-state index in [0.29, 0.717) is 23.0 Å². The molecular weight excluding hydrogens is 311 g/mol. The van der Waals surface area contributed by atoms with Crippen molar-refractivity contribution in [3.05, 3.63) is 55.3 Å². The summed E-state index contributed by atoms with van der Waals surface area (Å²) < 4.78 is 1.23. The van der Waals surface area contributed by atoms with Crippen molar-refractivity contribution < 1.29 is 0 Å². The van der Waals surface area contributed by atoms with E-state index in [9.17, 15) is 9.59 Å². The first-order valence-corrected chi connectivity index (χ1v) is 7.61. The molecule has 1 aliphatic carbocycles. The van der Waals surface area contributed by atoms with Crippen LogP contribution >= 0.6 is 23.2 Å². The summed E-state index contributed by atoms with van der Waals surface area (Å²) in [6.45, 7) is 0.433. The average Bonchev–Trinajstić information content (AvgIpc) is 2.38. The maximum Gasteiger partial charge on any atom is 0.329 e. The summed E-state index contributed by atoms with van der Waals surface area (Å²) in [4.78, 5) is 27.2. The maximum atomic E-state index is 12.6. The van der Waals surface area contributed by atoms with Gasteiger partial charge in [-0.15, -0.1) is 0 Å². The zero-order chi connectivity index (χ0) is 15.0. The molecule has 0 spiro atoms. The predicted octanol–water partition coefficient (Wildman–Crippen LogP) is 3.31. The molecule has 0 radical (unpaired) electrons. The van der Waals surface area contributed by atoms with E-state index in [1.165, 1.54) is 4.57 Å². The third-order valence-corrected chi connectivity index (χ3v) is 4.56. The molecule has 0 atom stereocenters. The second-order valence-corrected chi connectivity index (χ2v) is 6.10. The molecule has 0 amide bonds. The van der Waals surface area contributed by atoms with Crippen LogP contribution in [0.4, 0.5) is 0 Å². The molecule has 0 unspecified atom stereocenters. The molecule has 6 heteroatoms. The topological polar surface area (TPSA) is 54.9 Å². The monoisotopic (exact) mass is 324 g/mol. The zero-order valence-corrected chi connectivity index (χ0v) is 12.7. The van der Waals surface area contributed by atoms with Gasteiger partial charge in [-0.3, -0.25) is 14.3 Å². The minimum atomic E-state index is -0.465. The van der Waals surface area contributed by atoms with Crippen molar-refractivity contribution in [3.8, 4) is 11.1 Å². The molecule has 1 fully saturated rings. The van der Waals surface area contributed by atoms with Crippen molar-refractivity contribution in [3.63, 3.8) is 0 Å². The third kappa shape index (κ3) is 2.65. The van der Waals surface area contributed by atoms with Gasteiger partial charge in [0.1, 0.15) is 5.15 Å². The highest BCUT2D eigenvalue weighted by Gasteiger charge is 2.22. The lowest BCUT2D eigenvalue weighted by molar-refractivity contribution is 0.270. The summed E-state index contributed by atoms with van der Waals surface area (Å²) in [5.74, 6) is 0.393. The van der Waals surface area contributed by atoms with Gasteiger partial charge in [-0.25, -0.2) is 4.79 Å². The average molecular weight is 325 g/mol. The van der Waals surface area contributed by atoms with E-state index < -0.39 is 5.69 Å². The highest BCUT2D eigenvalue weighted by Crippen LogP contribution is 2.30. The van der Waals surface area contributed by atoms with Crippen molar-refractivity contribution in [2.75, 3.05) is 0 Å². The van der Waals surface area contributed by atoms with Crippen LogP contribution in [-0.4, -0.2) is 9.55 Å². The van der Waals surface area contributed by atoms with Gasteiger partial charge in [-0.05, 0) is 24.8 Å². The Morgan fingerprint density at radius 3 is 2.52 bits per heavy atom. The van der Waals surface area contributed by atoms with E-state index in [4.69, 9.17) is 23.2 Å². The van der Waals surface area contributed by atoms with Gasteiger partial charge < -0.3 is 0 Å². The standard InChI is InChI=1S/C15H14Cl2N2O2/c16-11-7-2-1-6-10(11)12-13(17)18-15(21)19(14(12)20)8-9-4-3-5-9/h1-2,6-7,9H,3-5,8H2,(H,18,21). The van der Waals surface area contributed by atoms with E-state index in [1.807, 2.05) is 0 Å². The summed E-state index contributed by atoms with van der Waals surface area (Å²) in [5.41, 5.74) is -0.0644. The number of hydrogen-bond donors (Lipinski definition) is 1. The van der Waals surface area contributed by atoms with Crippen LogP contribution in [0.1, 0.15) is 19.3 Å². The molecule has 1 aromatic heterocycles. The Balaban J connectivity index is 2.17. The molecule has 2 aromatic rings. The van der Waals surface area contributed by atoms with Crippen LogP contribution < -0.4 is 11.2 Å². The highest BCUT2D eigenvalue weighted by molar-refractivity contribution is 6.35. The molecule has 21 heavy (non-hydrogen) atoms. The molecule has 1 heterocycles. The van der Waals surface area contributed by atoms with Crippen molar-refractivity contribution in [2.45, 2.75) is 25.8 Å². The van der Waals surface area contributed by atoms with E-state index >= 15 is 0 Å². The van der Waals surface area contributed by atoms with Crippen LogP contribution in [-0.2, 0) is 6.54 Å². The first-order chi connectivity index (χ1) is 10.1. The molecule has 0 bridgehead atoms. The van der Waals surface area contributed by atoms with Crippen molar-refractivity contribution >= 4 is 23.2 Å². The summed E-state index contributed by atoms with van der Waals surface area (Å²) >= 11 is 12.2. The van der Waals surface area contributed by atoms with Gasteiger partial charge in [0.25, 0.3) is 5.56 Å². The molecular formula is C15H14Cl2N2O2. The van der Waals surface area contributed by atoms with Gasteiger partial charge in [-0.1, -0.05) is 47.8 Å². The lowest BCUT2D eigenvalue weighted by Gasteiger charge is -2.25. The smallest absolute Gasteiger partial charge is 0.297 e. The van der Waals surface area contributed by atoms with Crippen molar-refractivity contribution in [2.24, 2.45) is 5.92 Å². The molecule has 1 aromatic carbocycles. The minimum absolute atomic E-state index is 0.0305. The minimum Gasteiger partial charge on any atom is -0.297 e. The lowest BCUT2D eigenvalue weighted by atomic mass is 9.85. The molecule has 110 valence electrons. The molecule has 0 aliphatic heterocycles.